The summed E-state index contributed by atoms with van der Waals surface area (Å²) >= 11 is 2.62. The first-order valence-electron chi connectivity index (χ1n) is 9.05. The number of esters is 1. The van der Waals surface area contributed by atoms with Gasteiger partial charge in [-0.3, -0.25) is 9.59 Å². The lowest BCUT2D eigenvalue weighted by atomic mass is 10.1. The molecule has 1 amide bonds. The topological polar surface area (TPSA) is 103 Å². The molecule has 1 aromatic carbocycles. The molecule has 0 spiro atoms. The van der Waals surface area contributed by atoms with E-state index in [0.29, 0.717) is 27.6 Å². The van der Waals surface area contributed by atoms with Crippen molar-refractivity contribution in [1.82, 2.24) is 14.6 Å². The van der Waals surface area contributed by atoms with Gasteiger partial charge in [-0.1, -0.05) is 36.5 Å². The lowest BCUT2D eigenvalue weighted by molar-refractivity contribution is 0.0469. The van der Waals surface area contributed by atoms with Crippen LogP contribution in [0.25, 0.3) is 4.96 Å². The van der Waals surface area contributed by atoms with Crippen LogP contribution in [0.5, 0.6) is 0 Å². The number of para-hydroxylation sites is 1. The number of rotatable bonds is 6. The molecule has 1 N–H and O–H groups in total. The molecule has 3 aromatic heterocycles. The van der Waals surface area contributed by atoms with E-state index in [1.807, 2.05) is 6.92 Å². The number of hydrogen-bond acceptors (Lipinski definition) is 8. The van der Waals surface area contributed by atoms with Gasteiger partial charge in [0.2, 0.25) is 4.96 Å². The van der Waals surface area contributed by atoms with Crippen LogP contribution < -0.4 is 10.9 Å². The van der Waals surface area contributed by atoms with Crippen molar-refractivity contribution in [2.24, 2.45) is 0 Å². The average Bonchev–Trinajstić information content (AvgIpc) is 3.42. The zero-order valence-corrected chi connectivity index (χ0v) is 17.5. The first-order valence-corrected chi connectivity index (χ1v) is 10.7. The van der Waals surface area contributed by atoms with Crippen LogP contribution in [0.3, 0.4) is 0 Å². The van der Waals surface area contributed by atoms with E-state index in [-0.39, 0.29) is 23.6 Å². The molecule has 30 heavy (non-hydrogen) atoms. The van der Waals surface area contributed by atoms with Crippen molar-refractivity contribution < 1.29 is 14.3 Å². The van der Waals surface area contributed by atoms with Gasteiger partial charge in [0.1, 0.15) is 11.6 Å². The van der Waals surface area contributed by atoms with Gasteiger partial charge >= 0.3 is 5.97 Å². The number of hydrogen-bond donors (Lipinski definition) is 1. The SMILES string of the molecule is CCc1nn2c(=O)cc(COC(=O)c3ccccc3NC(=O)c3cccs3)nc2s1. The van der Waals surface area contributed by atoms with E-state index in [2.05, 4.69) is 15.4 Å². The summed E-state index contributed by atoms with van der Waals surface area (Å²) in [5.41, 5.74) is 0.566. The van der Waals surface area contributed by atoms with Crippen molar-refractivity contribution in [3.8, 4) is 0 Å². The quantitative estimate of drug-likeness (QED) is 0.461. The second kappa shape index (κ2) is 8.56. The van der Waals surface area contributed by atoms with Crippen molar-refractivity contribution in [2.75, 3.05) is 5.32 Å². The molecule has 0 aliphatic carbocycles. The number of aromatic nitrogens is 3. The van der Waals surface area contributed by atoms with E-state index < -0.39 is 5.97 Å². The number of fused-ring (bicyclic) bond motifs is 1. The van der Waals surface area contributed by atoms with E-state index in [9.17, 15) is 14.4 Å². The van der Waals surface area contributed by atoms with Crippen molar-refractivity contribution in [1.29, 1.82) is 0 Å². The molecular formula is C20H16N4O4S2. The molecule has 4 rings (SSSR count). The zero-order chi connectivity index (χ0) is 21.1. The summed E-state index contributed by atoms with van der Waals surface area (Å²) in [6, 6.07) is 11.4. The van der Waals surface area contributed by atoms with Crippen LogP contribution in [0.4, 0.5) is 5.69 Å². The highest BCUT2D eigenvalue weighted by Crippen LogP contribution is 2.19. The number of thiophene rings is 1. The fourth-order valence-corrected chi connectivity index (χ4v) is 4.17. The van der Waals surface area contributed by atoms with Crippen LogP contribution in [-0.4, -0.2) is 26.5 Å². The van der Waals surface area contributed by atoms with Gasteiger partial charge in [-0.2, -0.15) is 9.61 Å². The molecule has 0 radical (unpaired) electrons. The predicted octanol–water partition coefficient (Wildman–Crippen LogP) is 3.38. The highest BCUT2D eigenvalue weighted by molar-refractivity contribution is 7.16. The summed E-state index contributed by atoms with van der Waals surface area (Å²) in [5, 5.41) is 9.51. The first-order chi connectivity index (χ1) is 14.5. The van der Waals surface area contributed by atoms with Gasteiger partial charge in [0.25, 0.3) is 11.5 Å². The van der Waals surface area contributed by atoms with Crippen LogP contribution in [0.2, 0.25) is 0 Å². The largest absolute Gasteiger partial charge is 0.456 e. The number of nitrogens with one attached hydrogen (secondary N) is 1. The van der Waals surface area contributed by atoms with Crippen molar-refractivity contribution >= 4 is 45.2 Å². The molecule has 10 heteroatoms. The lowest BCUT2D eigenvalue weighted by Crippen LogP contribution is -2.17. The van der Waals surface area contributed by atoms with Crippen LogP contribution >= 0.6 is 22.7 Å². The third-order valence-corrected chi connectivity index (χ3v) is 6.06. The fourth-order valence-electron chi connectivity index (χ4n) is 2.69. The second-order valence-electron chi connectivity index (χ2n) is 6.18. The molecule has 0 unspecified atom stereocenters. The fraction of sp³-hybridized carbons (Fsp3) is 0.150. The van der Waals surface area contributed by atoms with Crippen molar-refractivity contribution in [3.63, 3.8) is 0 Å². The van der Waals surface area contributed by atoms with Crippen LogP contribution in [-0.2, 0) is 17.8 Å². The number of amides is 1. The maximum atomic E-state index is 12.6. The number of anilines is 1. The zero-order valence-electron chi connectivity index (χ0n) is 15.8. The highest BCUT2D eigenvalue weighted by Gasteiger charge is 2.17. The predicted molar refractivity (Wildman–Crippen MR) is 114 cm³/mol. The van der Waals surface area contributed by atoms with Crippen molar-refractivity contribution in [2.45, 2.75) is 20.0 Å². The Hall–Kier alpha value is -3.37. The summed E-state index contributed by atoms with van der Waals surface area (Å²) in [6.45, 7) is 1.78. The lowest BCUT2D eigenvalue weighted by Gasteiger charge is -2.10. The molecule has 0 aliphatic rings. The van der Waals surface area contributed by atoms with Gasteiger partial charge < -0.3 is 10.1 Å². The number of benzene rings is 1. The molecular weight excluding hydrogens is 424 g/mol. The molecule has 0 fully saturated rings. The number of ether oxygens (including phenoxy) is 1. The summed E-state index contributed by atoms with van der Waals surface area (Å²) < 4.78 is 6.59. The summed E-state index contributed by atoms with van der Waals surface area (Å²) in [6.07, 6.45) is 0.700. The van der Waals surface area contributed by atoms with E-state index in [1.165, 1.54) is 33.3 Å². The van der Waals surface area contributed by atoms with E-state index in [4.69, 9.17) is 4.74 Å². The number of aryl methyl sites for hydroxylation is 1. The molecule has 0 saturated carbocycles. The molecule has 3 heterocycles. The monoisotopic (exact) mass is 440 g/mol. The minimum atomic E-state index is -0.627. The summed E-state index contributed by atoms with van der Waals surface area (Å²) in [5.74, 6) is -0.931. The maximum absolute atomic E-state index is 12.6. The minimum absolute atomic E-state index is 0.170. The molecule has 0 bridgehead atoms. The third kappa shape index (κ3) is 4.14. The number of carbonyl (C=O) groups excluding carboxylic acids is 2. The third-order valence-electron chi connectivity index (χ3n) is 4.13. The van der Waals surface area contributed by atoms with Gasteiger partial charge in [-0.15, -0.1) is 11.3 Å². The van der Waals surface area contributed by atoms with Gasteiger partial charge in [-0.25, -0.2) is 9.78 Å². The minimum Gasteiger partial charge on any atom is -0.456 e. The van der Waals surface area contributed by atoms with Crippen LogP contribution in [0.1, 0.15) is 37.7 Å². The van der Waals surface area contributed by atoms with Crippen LogP contribution in [0, 0.1) is 0 Å². The van der Waals surface area contributed by atoms with E-state index in [0.717, 1.165) is 5.01 Å². The summed E-state index contributed by atoms with van der Waals surface area (Å²) in [7, 11) is 0. The van der Waals surface area contributed by atoms with E-state index in [1.54, 1.807) is 41.8 Å². The number of carbonyl (C=O) groups is 2. The molecule has 152 valence electrons. The Bertz CT molecular complexity index is 1280. The Balaban J connectivity index is 1.50. The maximum Gasteiger partial charge on any atom is 0.340 e. The van der Waals surface area contributed by atoms with Crippen LogP contribution in [0.15, 0.2) is 52.6 Å². The molecule has 4 aromatic rings. The Kier molecular flexibility index (Phi) is 5.68. The Labute approximate surface area is 178 Å². The molecule has 8 nitrogen and oxygen atoms in total. The van der Waals surface area contributed by atoms with Crippen molar-refractivity contribution in [3.05, 3.63) is 79.3 Å². The molecule has 0 aliphatic heterocycles. The normalized spacial score (nSPS) is 10.8. The average molecular weight is 441 g/mol. The van der Waals surface area contributed by atoms with E-state index >= 15 is 0 Å². The standard InChI is InChI=1S/C20H16N4O4S2/c1-2-16-23-24-17(25)10-12(21-20(24)30-16)11-28-19(27)13-6-3-4-7-14(13)22-18(26)15-8-5-9-29-15/h3-10H,2,11H2,1H3,(H,22,26). The molecule has 0 atom stereocenters. The van der Waals surface area contributed by atoms with Gasteiger partial charge in [0.15, 0.2) is 0 Å². The second-order valence-corrected chi connectivity index (χ2v) is 8.17. The Morgan fingerprint density at radius 2 is 2.03 bits per heavy atom. The Morgan fingerprint density at radius 1 is 1.20 bits per heavy atom. The van der Waals surface area contributed by atoms with Gasteiger partial charge in [-0.05, 0) is 30.0 Å². The summed E-state index contributed by atoms with van der Waals surface area (Å²) in [4.78, 5) is 42.5. The first kappa shape index (κ1) is 19.9. The Morgan fingerprint density at radius 3 is 2.80 bits per heavy atom. The molecule has 0 saturated heterocycles. The smallest absolute Gasteiger partial charge is 0.340 e. The van der Waals surface area contributed by atoms with Gasteiger partial charge in [0.05, 0.1) is 21.8 Å². The highest BCUT2D eigenvalue weighted by atomic mass is 32.1. The van der Waals surface area contributed by atoms with Gasteiger partial charge in [0, 0.05) is 6.07 Å². The number of nitrogens with zero attached hydrogens (tertiary/aromatic N) is 3.